The van der Waals surface area contributed by atoms with E-state index in [1.165, 1.54) is 43.5 Å². The summed E-state index contributed by atoms with van der Waals surface area (Å²) in [5, 5.41) is 3.63. The van der Waals surface area contributed by atoms with Crippen LogP contribution in [0.3, 0.4) is 0 Å². The van der Waals surface area contributed by atoms with Gasteiger partial charge >= 0.3 is 0 Å². The van der Waals surface area contributed by atoms with E-state index in [-0.39, 0.29) is 23.3 Å². The molecule has 4 atom stereocenters. The molecular weight excluding hydrogens is 298 g/mol. The van der Waals surface area contributed by atoms with Crippen LogP contribution in [0.25, 0.3) is 0 Å². The number of carbonyl (C=O) groups is 1. The van der Waals surface area contributed by atoms with E-state index in [1.54, 1.807) is 6.92 Å². The summed E-state index contributed by atoms with van der Waals surface area (Å²) in [7, 11) is 0. The average Bonchev–Trinajstić information content (AvgIpc) is 3.06. The van der Waals surface area contributed by atoms with Gasteiger partial charge in [0, 0.05) is 17.8 Å². The largest absolute Gasteiger partial charge is 0.353 e. The van der Waals surface area contributed by atoms with E-state index in [2.05, 4.69) is 22.2 Å². The quantitative estimate of drug-likeness (QED) is 0.643. The highest BCUT2D eigenvalue weighted by Crippen LogP contribution is 2.49. The Balaban J connectivity index is 1.49. The first-order valence-electron chi connectivity index (χ1n) is 8.01. The van der Waals surface area contributed by atoms with Gasteiger partial charge in [-0.05, 0) is 50.9 Å². The molecule has 1 aromatic heterocycles. The Morgan fingerprint density at radius 2 is 2.32 bits per heavy atom. The molecule has 120 valence electrons. The van der Waals surface area contributed by atoms with Gasteiger partial charge < -0.3 is 10.3 Å². The number of rotatable bonds is 5. The number of hydrogen-bond donors (Lipinski definition) is 2. The summed E-state index contributed by atoms with van der Waals surface area (Å²) in [6.07, 6.45) is 5.34. The van der Waals surface area contributed by atoms with Crippen molar-refractivity contribution in [3.05, 3.63) is 22.1 Å². The second-order valence-electron chi connectivity index (χ2n) is 6.68. The fraction of sp³-hybridized carbons (Fsp3) is 0.688. The smallest absolute Gasteiger partial charge is 0.251 e. The van der Waals surface area contributed by atoms with E-state index in [0.29, 0.717) is 16.8 Å². The van der Waals surface area contributed by atoms with Crippen LogP contribution >= 0.6 is 11.8 Å². The van der Waals surface area contributed by atoms with E-state index in [0.717, 1.165) is 11.8 Å². The van der Waals surface area contributed by atoms with Crippen LogP contribution in [0.2, 0.25) is 0 Å². The Kier molecular flexibility index (Phi) is 4.57. The van der Waals surface area contributed by atoms with Crippen LogP contribution in [0.1, 0.15) is 38.3 Å². The zero-order chi connectivity index (χ0) is 15.7. The summed E-state index contributed by atoms with van der Waals surface area (Å²) >= 11 is 1.28. The molecule has 0 aliphatic heterocycles. The molecule has 2 N–H and O–H groups in total. The molecular formula is C16H23N3O2S. The lowest BCUT2D eigenvalue weighted by atomic mass is 9.84. The van der Waals surface area contributed by atoms with Crippen LogP contribution in [-0.4, -0.2) is 27.7 Å². The Morgan fingerprint density at radius 3 is 2.95 bits per heavy atom. The van der Waals surface area contributed by atoms with Gasteiger partial charge in [0.15, 0.2) is 5.16 Å². The van der Waals surface area contributed by atoms with Crippen LogP contribution in [0.4, 0.5) is 0 Å². The maximum atomic E-state index is 12.1. The molecule has 0 aromatic carbocycles. The van der Waals surface area contributed by atoms with E-state index >= 15 is 0 Å². The predicted octanol–water partition coefficient (Wildman–Crippen LogP) is 2.11. The molecule has 0 saturated heterocycles. The Labute approximate surface area is 134 Å². The molecule has 2 aliphatic carbocycles. The first kappa shape index (κ1) is 15.6. The highest BCUT2D eigenvalue weighted by Gasteiger charge is 2.42. The zero-order valence-corrected chi connectivity index (χ0v) is 13.9. The summed E-state index contributed by atoms with van der Waals surface area (Å²) in [4.78, 5) is 30.4. The summed E-state index contributed by atoms with van der Waals surface area (Å²) in [6.45, 7) is 3.90. The van der Waals surface area contributed by atoms with Gasteiger partial charge in [-0.25, -0.2) is 4.98 Å². The number of aromatic amines is 1. The molecule has 1 amide bonds. The summed E-state index contributed by atoms with van der Waals surface area (Å²) in [6, 6.07) is 1.69. The molecule has 5 nitrogen and oxygen atoms in total. The highest BCUT2D eigenvalue weighted by molar-refractivity contribution is 7.99. The Morgan fingerprint density at radius 1 is 1.50 bits per heavy atom. The first-order valence-corrected chi connectivity index (χ1v) is 9.00. The molecule has 3 rings (SSSR count). The molecule has 0 unspecified atom stereocenters. The summed E-state index contributed by atoms with van der Waals surface area (Å²) in [5.74, 6) is 2.65. The standard InChI is InChI=1S/C16H23N3O2S/c1-9-5-14(20)19-16(17-9)22-8-15(21)18-10(2)13-7-11-3-4-12(13)6-11/h5,10-13H,3-4,6-8H2,1-2H3,(H,18,21)(H,17,19,20)/t10-,11+,12+,13+/m1/s1. The molecule has 22 heavy (non-hydrogen) atoms. The minimum Gasteiger partial charge on any atom is -0.353 e. The third-order valence-corrected chi connectivity index (χ3v) is 5.88. The van der Waals surface area contributed by atoms with Gasteiger partial charge in [-0.3, -0.25) is 9.59 Å². The van der Waals surface area contributed by atoms with Crippen LogP contribution in [-0.2, 0) is 4.79 Å². The monoisotopic (exact) mass is 321 g/mol. The zero-order valence-electron chi connectivity index (χ0n) is 13.1. The van der Waals surface area contributed by atoms with Crippen LogP contribution < -0.4 is 10.9 Å². The SMILES string of the molecule is Cc1cc(=O)[nH]c(SCC(=O)N[C@H](C)[C@@H]2C[C@H]3CC[C@H]2C3)n1. The van der Waals surface area contributed by atoms with E-state index in [9.17, 15) is 9.59 Å². The summed E-state index contributed by atoms with van der Waals surface area (Å²) in [5.41, 5.74) is 0.493. The van der Waals surface area contributed by atoms with Crippen molar-refractivity contribution < 1.29 is 4.79 Å². The number of thioether (sulfide) groups is 1. The lowest BCUT2D eigenvalue weighted by molar-refractivity contribution is -0.119. The Bertz CT molecular complexity index is 616. The van der Waals surface area contributed by atoms with Crippen LogP contribution in [0, 0.1) is 24.7 Å². The van der Waals surface area contributed by atoms with Gasteiger partial charge in [0.05, 0.1) is 5.75 Å². The van der Waals surface area contributed by atoms with Crippen molar-refractivity contribution in [2.45, 2.75) is 50.7 Å². The normalized spacial score (nSPS) is 27.8. The highest BCUT2D eigenvalue weighted by atomic mass is 32.2. The molecule has 1 aromatic rings. The van der Waals surface area contributed by atoms with Gasteiger partial charge in [0.25, 0.3) is 5.56 Å². The van der Waals surface area contributed by atoms with E-state index in [4.69, 9.17) is 0 Å². The Hall–Kier alpha value is -1.30. The second kappa shape index (κ2) is 6.44. The van der Waals surface area contributed by atoms with Gasteiger partial charge in [0.2, 0.25) is 5.91 Å². The fourth-order valence-electron chi connectivity index (χ4n) is 4.06. The molecule has 0 spiro atoms. The second-order valence-corrected chi connectivity index (χ2v) is 7.64. The van der Waals surface area contributed by atoms with Gasteiger partial charge in [-0.2, -0.15) is 0 Å². The van der Waals surface area contributed by atoms with Crippen LogP contribution in [0.5, 0.6) is 0 Å². The lowest BCUT2D eigenvalue weighted by Gasteiger charge is -2.28. The van der Waals surface area contributed by atoms with Gasteiger partial charge in [0.1, 0.15) is 0 Å². The van der Waals surface area contributed by atoms with Crippen LogP contribution in [0.15, 0.2) is 16.0 Å². The number of nitrogens with one attached hydrogen (secondary N) is 2. The van der Waals surface area contributed by atoms with Crippen molar-refractivity contribution in [3.8, 4) is 0 Å². The number of H-pyrrole nitrogens is 1. The number of carbonyl (C=O) groups excluding carboxylic acids is 1. The number of amides is 1. The number of hydrogen-bond acceptors (Lipinski definition) is 4. The molecule has 0 radical (unpaired) electrons. The van der Waals surface area contributed by atoms with Crippen molar-refractivity contribution in [2.24, 2.45) is 17.8 Å². The van der Waals surface area contributed by atoms with Crippen molar-refractivity contribution in [1.29, 1.82) is 0 Å². The minimum absolute atomic E-state index is 0.0180. The van der Waals surface area contributed by atoms with Crippen molar-refractivity contribution >= 4 is 17.7 Å². The molecule has 6 heteroatoms. The maximum Gasteiger partial charge on any atom is 0.251 e. The number of fused-ring (bicyclic) bond motifs is 2. The first-order chi connectivity index (χ1) is 10.5. The van der Waals surface area contributed by atoms with Gasteiger partial charge in [-0.15, -0.1) is 0 Å². The molecule has 2 saturated carbocycles. The minimum atomic E-state index is -0.175. The topological polar surface area (TPSA) is 74.8 Å². The molecule has 1 heterocycles. The predicted molar refractivity (Wildman–Crippen MR) is 86.9 cm³/mol. The van der Waals surface area contributed by atoms with Gasteiger partial charge in [-0.1, -0.05) is 18.2 Å². The van der Waals surface area contributed by atoms with Crippen molar-refractivity contribution in [3.63, 3.8) is 0 Å². The lowest BCUT2D eigenvalue weighted by Crippen LogP contribution is -2.40. The van der Waals surface area contributed by atoms with E-state index < -0.39 is 0 Å². The number of nitrogens with zero attached hydrogens (tertiary/aromatic N) is 1. The summed E-state index contributed by atoms with van der Waals surface area (Å²) < 4.78 is 0. The maximum absolute atomic E-state index is 12.1. The third-order valence-electron chi connectivity index (χ3n) is 5.01. The van der Waals surface area contributed by atoms with Crippen molar-refractivity contribution in [1.82, 2.24) is 15.3 Å². The fourth-order valence-corrected chi connectivity index (χ4v) is 4.80. The number of aryl methyl sites for hydroxylation is 1. The third kappa shape index (κ3) is 3.54. The number of aromatic nitrogens is 2. The van der Waals surface area contributed by atoms with Crippen molar-refractivity contribution in [2.75, 3.05) is 5.75 Å². The van der Waals surface area contributed by atoms with E-state index in [1.807, 2.05) is 0 Å². The molecule has 2 aliphatic rings. The average molecular weight is 321 g/mol. The molecule has 2 bridgehead atoms. The molecule has 2 fully saturated rings.